The van der Waals surface area contributed by atoms with Gasteiger partial charge in [-0.15, -0.1) is 0 Å². The Balaban J connectivity index is 1.58. The summed E-state index contributed by atoms with van der Waals surface area (Å²) in [5, 5.41) is 21.7. The van der Waals surface area contributed by atoms with Crippen molar-refractivity contribution in [3.05, 3.63) is 47.8 Å². The third-order valence-corrected chi connectivity index (χ3v) is 8.00. The lowest BCUT2D eigenvalue weighted by atomic mass is 9.97. The van der Waals surface area contributed by atoms with E-state index in [0.717, 1.165) is 6.26 Å². The average molecular weight is 617 g/mol. The Morgan fingerprint density at radius 2 is 1.91 bits per heavy atom. The van der Waals surface area contributed by atoms with Crippen LogP contribution in [0.1, 0.15) is 28.8 Å². The first-order chi connectivity index (χ1) is 20.3. The predicted octanol–water partition coefficient (Wildman–Crippen LogP) is 3.86. The normalized spacial score (nSPS) is 14.1. The number of nitrogens with zero attached hydrogens (tertiary/aromatic N) is 5. The van der Waals surface area contributed by atoms with E-state index >= 15 is 0 Å². The molecule has 2 heterocycles. The Morgan fingerprint density at radius 1 is 1.19 bits per heavy atom. The van der Waals surface area contributed by atoms with Crippen LogP contribution in [0.15, 0.2) is 36.7 Å². The molecule has 0 aliphatic heterocycles. The van der Waals surface area contributed by atoms with Gasteiger partial charge in [-0.3, -0.25) is 14.2 Å². The van der Waals surface area contributed by atoms with Gasteiger partial charge in [0.1, 0.15) is 32.6 Å². The first-order valence-corrected chi connectivity index (χ1v) is 15.1. The number of ether oxygens (including phenoxy) is 2. The van der Waals surface area contributed by atoms with Crippen LogP contribution in [0, 0.1) is 11.3 Å². The van der Waals surface area contributed by atoms with E-state index in [-0.39, 0.29) is 41.3 Å². The van der Waals surface area contributed by atoms with E-state index in [9.17, 15) is 31.6 Å². The van der Waals surface area contributed by atoms with Crippen molar-refractivity contribution in [2.75, 3.05) is 25.7 Å². The average Bonchev–Trinajstić information content (AvgIpc) is 3.34. The number of alkyl halides is 3. The topological polar surface area (TPSA) is 141 Å². The van der Waals surface area contributed by atoms with Crippen LogP contribution in [-0.2, 0) is 23.4 Å². The Hall–Kier alpha value is -4.58. The number of rotatable bonds is 11. The SMILES string of the molecule is COc1cc(-c2c3c(C#N)cc(-c4cnn(CCS(C)(=O)=O)c4)cc3nn2C)cc(OC(F)F)c1C(=O)NCC1(F)CC1. The fourth-order valence-corrected chi connectivity index (χ4v) is 5.27. The molecule has 5 rings (SSSR count). The molecule has 0 saturated heterocycles. The summed E-state index contributed by atoms with van der Waals surface area (Å²) in [4.78, 5) is 13.0. The summed E-state index contributed by atoms with van der Waals surface area (Å²) in [6, 6.07) is 8.16. The van der Waals surface area contributed by atoms with E-state index in [0.29, 0.717) is 40.6 Å². The molecule has 0 unspecified atom stereocenters. The van der Waals surface area contributed by atoms with Gasteiger partial charge in [0.15, 0.2) is 0 Å². The Bertz CT molecular complexity index is 1880. The summed E-state index contributed by atoms with van der Waals surface area (Å²) >= 11 is 0. The van der Waals surface area contributed by atoms with Crippen molar-refractivity contribution in [1.29, 1.82) is 5.26 Å². The molecule has 15 heteroatoms. The van der Waals surface area contributed by atoms with E-state index < -0.39 is 33.8 Å². The summed E-state index contributed by atoms with van der Waals surface area (Å²) in [6.45, 7) is -3.39. The quantitative estimate of drug-likeness (QED) is 0.268. The third kappa shape index (κ3) is 6.43. The largest absolute Gasteiger partial charge is 0.496 e. The van der Waals surface area contributed by atoms with Gasteiger partial charge in [0, 0.05) is 36.0 Å². The number of amides is 1. The second kappa shape index (κ2) is 11.3. The van der Waals surface area contributed by atoms with Crippen molar-refractivity contribution in [3.8, 4) is 40.0 Å². The summed E-state index contributed by atoms with van der Waals surface area (Å²) in [5.74, 6) is -1.51. The standard InChI is InChI=1S/C28H27F3N6O5S/c1-36-25(17-10-21(41-2)24(22(11-17)42-27(29)30)26(38)33-15-28(31)4-5-28)23-18(12-32)8-16(9-20(23)35-36)19-13-34-37(14-19)6-7-43(3,39)40/h8-11,13-14,27H,4-7,15H2,1-3H3,(H,33,38). The van der Waals surface area contributed by atoms with E-state index in [4.69, 9.17) is 9.47 Å². The van der Waals surface area contributed by atoms with Crippen molar-refractivity contribution in [2.45, 2.75) is 31.7 Å². The number of methoxy groups -OCH3 is 1. The highest BCUT2D eigenvalue weighted by Crippen LogP contribution is 2.41. The monoisotopic (exact) mass is 616 g/mol. The van der Waals surface area contributed by atoms with E-state index in [1.54, 1.807) is 31.6 Å². The number of aryl methyl sites for hydroxylation is 2. The number of carbonyl (C=O) groups is 1. The van der Waals surface area contributed by atoms with Gasteiger partial charge >= 0.3 is 6.61 Å². The van der Waals surface area contributed by atoms with Crippen LogP contribution >= 0.6 is 0 Å². The highest BCUT2D eigenvalue weighted by molar-refractivity contribution is 7.90. The number of hydrogen-bond acceptors (Lipinski definition) is 8. The first kappa shape index (κ1) is 29.9. The predicted molar refractivity (Wildman–Crippen MR) is 150 cm³/mol. The first-order valence-electron chi connectivity index (χ1n) is 13.1. The number of carbonyl (C=O) groups excluding carboxylic acids is 1. The second-order valence-electron chi connectivity index (χ2n) is 10.4. The van der Waals surface area contributed by atoms with Crippen LogP contribution in [0.2, 0.25) is 0 Å². The van der Waals surface area contributed by atoms with Gasteiger partial charge in [-0.25, -0.2) is 12.8 Å². The molecule has 4 aromatic rings. The highest BCUT2D eigenvalue weighted by Gasteiger charge is 2.43. The molecular formula is C28H27F3N6O5S. The number of benzene rings is 2. The molecule has 11 nitrogen and oxygen atoms in total. The van der Waals surface area contributed by atoms with Gasteiger partial charge in [-0.1, -0.05) is 0 Å². The van der Waals surface area contributed by atoms with Gasteiger partial charge in [0.25, 0.3) is 5.91 Å². The molecule has 0 atom stereocenters. The van der Waals surface area contributed by atoms with E-state index in [1.807, 2.05) is 0 Å². The number of nitriles is 1. The lowest BCUT2D eigenvalue weighted by Gasteiger charge is -2.17. The molecule has 1 amide bonds. The van der Waals surface area contributed by atoms with Crippen LogP contribution in [0.4, 0.5) is 13.2 Å². The number of fused-ring (bicyclic) bond motifs is 1. The Labute approximate surface area is 244 Å². The summed E-state index contributed by atoms with van der Waals surface area (Å²) in [7, 11) is -0.326. The number of nitrogens with one attached hydrogen (secondary N) is 1. The van der Waals surface area contributed by atoms with Crippen molar-refractivity contribution in [3.63, 3.8) is 0 Å². The lowest BCUT2D eigenvalue weighted by molar-refractivity contribution is -0.0502. The van der Waals surface area contributed by atoms with Crippen LogP contribution in [0.3, 0.4) is 0 Å². The van der Waals surface area contributed by atoms with Gasteiger partial charge < -0.3 is 14.8 Å². The minimum Gasteiger partial charge on any atom is -0.496 e. The molecular weight excluding hydrogens is 589 g/mol. The highest BCUT2D eigenvalue weighted by atomic mass is 32.2. The smallest absolute Gasteiger partial charge is 0.387 e. The van der Waals surface area contributed by atoms with E-state index in [1.165, 1.54) is 28.6 Å². The number of sulfone groups is 1. The maximum atomic E-state index is 14.1. The van der Waals surface area contributed by atoms with Gasteiger partial charge in [0.2, 0.25) is 0 Å². The number of aromatic nitrogens is 4. The fraction of sp³-hybridized carbons (Fsp3) is 0.357. The molecule has 226 valence electrons. The molecule has 43 heavy (non-hydrogen) atoms. The van der Waals surface area contributed by atoms with Crippen molar-refractivity contribution in [2.24, 2.45) is 7.05 Å². The van der Waals surface area contributed by atoms with Crippen molar-refractivity contribution >= 4 is 26.6 Å². The maximum absolute atomic E-state index is 14.1. The zero-order valence-corrected chi connectivity index (χ0v) is 24.2. The number of halogens is 3. The molecule has 1 aliphatic carbocycles. The van der Waals surface area contributed by atoms with Crippen LogP contribution in [0.5, 0.6) is 11.5 Å². The summed E-state index contributed by atoms with van der Waals surface area (Å²) in [5.41, 5.74) is 0.666. The molecule has 0 radical (unpaired) electrons. The third-order valence-electron chi connectivity index (χ3n) is 7.07. The van der Waals surface area contributed by atoms with Crippen LogP contribution in [-0.4, -0.2) is 71.8 Å². The second-order valence-corrected chi connectivity index (χ2v) is 12.6. The zero-order valence-electron chi connectivity index (χ0n) is 23.4. The van der Waals surface area contributed by atoms with Crippen LogP contribution in [0.25, 0.3) is 33.3 Å². The number of hydrogen-bond donors (Lipinski definition) is 1. The molecule has 1 aliphatic rings. The molecule has 0 spiro atoms. The zero-order chi connectivity index (χ0) is 31.1. The molecule has 1 fully saturated rings. The molecule has 1 N–H and O–H groups in total. The van der Waals surface area contributed by atoms with Crippen molar-refractivity contribution < 1.29 is 35.9 Å². The molecule has 1 saturated carbocycles. The Morgan fingerprint density at radius 3 is 2.53 bits per heavy atom. The van der Waals surface area contributed by atoms with Gasteiger partial charge in [-0.2, -0.15) is 24.2 Å². The molecule has 2 aromatic carbocycles. The maximum Gasteiger partial charge on any atom is 0.387 e. The lowest BCUT2D eigenvalue weighted by Crippen LogP contribution is -2.31. The summed E-state index contributed by atoms with van der Waals surface area (Å²) in [6.07, 6.45) is 4.94. The van der Waals surface area contributed by atoms with Gasteiger partial charge in [-0.05, 0) is 42.7 Å². The van der Waals surface area contributed by atoms with E-state index in [2.05, 4.69) is 21.6 Å². The minimum atomic E-state index is -3.28. The van der Waals surface area contributed by atoms with Gasteiger partial charge in [0.05, 0.1) is 55.0 Å². The molecule has 2 aromatic heterocycles. The van der Waals surface area contributed by atoms with Crippen molar-refractivity contribution in [1.82, 2.24) is 24.9 Å². The van der Waals surface area contributed by atoms with Crippen LogP contribution < -0.4 is 14.8 Å². The summed E-state index contributed by atoms with van der Waals surface area (Å²) < 4.78 is 77.2. The fourth-order valence-electron chi connectivity index (χ4n) is 4.75. The molecule has 0 bridgehead atoms. The Kier molecular flexibility index (Phi) is 7.82. The minimum absolute atomic E-state index is 0.0853.